The third-order valence-corrected chi connectivity index (χ3v) is 7.11. The lowest BCUT2D eigenvalue weighted by molar-refractivity contribution is -0.140. The van der Waals surface area contributed by atoms with Crippen LogP contribution in [0.1, 0.15) is 37.3 Å². The Labute approximate surface area is 196 Å². The van der Waals surface area contributed by atoms with Crippen LogP contribution in [0.15, 0.2) is 56.8 Å². The number of fused-ring (bicyclic) bond motifs is 1. The van der Waals surface area contributed by atoms with E-state index in [4.69, 9.17) is 16.3 Å². The maximum Gasteiger partial charge on any atom is 0.338 e. The Kier molecular flexibility index (Phi) is 6.46. The number of halogens is 2. The van der Waals surface area contributed by atoms with E-state index in [0.29, 0.717) is 16.1 Å². The minimum absolute atomic E-state index is 0.138. The molecule has 0 radical (unpaired) electrons. The van der Waals surface area contributed by atoms with Gasteiger partial charge in [-0.05, 0) is 42.5 Å². The zero-order chi connectivity index (χ0) is 23.0. The predicted molar refractivity (Wildman–Crippen MR) is 125 cm³/mol. The Hall–Kier alpha value is -2.55. The van der Waals surface area contributed by atoms with E-state index in [1.165, 1.54) is 34.1 Å². The number of carbonyl (C=O) groups excluding carboxylic acids is 1. The molecule has 0 unspecified atom stereocenters. The fraction of sp³-hybridized carbons (Fsp3) is 0.261. The average Bonchev–Trinajstić information content (AvgIpc) is 3.37. The number of hydrogen-bond donors (Lipinski definition) is 0. The van der Waals surface area contributed by atoms with Gasteiger partial charge in [0, 0.05) is 10.4 Å². The van der Waals surface area contributed by atoms with E-state index in [-0.39, 0.29) is 33.2 Å². The average molecular weight is 491 g/mol. The smallest absolute Gasteiger partial charge is 0.338 e. The quantitative estimate of drug-likeness (QED) is 0.501. The van der Waals surface area contributed by atoms with Gasteiger partial charge in [0.25, 0.3) is 5.56 Å². The van der Waals surface area contributed by atoms with Gasteiger partial charge < -0.3 is 4.74 Å². The highest BCUT2D eigenvalue weighted by molar-refractivity contribution is 7.10. The first-order chi connectivity index (χ1) is 15.3. The standard InChI is InChI=1S/C23H20ClFN2O3S2/c1-12(2)11-30-22(29)19-13(3)26-23-27(20(19)17-8-5-9-31-17)21(28)18(32-23)10-14-15(24)6-4-7-16(14)25/h4-10,12,20H,11H2,1-3H3/b18-10+/t20-/m1/s1. The van der Waals surface area contributed by atoms with E-state index < -0.39 is 17.8 Å². The summed E-state index contributed by atoms with van der Waals surface area (Å²) in [7, 11) is 0. The van der Waals surface area contributed by atoms with Crippen molar-refractivity contribution in [2.45, 2.75) is 26.8 Å². The first-order valence-corrected chi connectivity index (χ1v) is 12.0. The molecule has 1 atom stereocenters. The number of aromatic nitrogens is 1. The molecule has 9 heteroatoms. The fourth-order valence-electron chi connectivity index (χ4n) is 3.40. The van der Waals surface area contributed by atoms with Gasteiger partial charge in [0.05, 0.1) is 27.4 Å². The number of benzene rings is 1. The molecule has 0 spiro atoms. The highest BCUT2D eigenvalue weighted by Gasteiger charge is 2.34. The number of thiophene rings is 1. The number of rotatable bonds is 5. The van der Waals surface area contributed by atoms with Crippen LogP contribution in [-0.4, -0.2) is 17.1 Å². The van der Waals surface area contributed by atoms with E-state index in [0.717, 1.165) is 16.2 Å². The molecule has 0 saturated heterocycles. The highest BCUT2D eigenvalue weighted by Crippen LogP contribution is 2.33. The minimum atomic E-state index is -0.663. The largest absolute Gasteiger partial charge is 0.462 e. The maximum atomic E-state index is 14.3. The van der Waals surface area contributed by atoms with Crippen LogP contribution in [0.5, 0.6) is 0 Å². The molecule has 4 rings (SSSR count). The van der Waals surface area contributed by atoms with E-state index in [1.807, 2.05) is 31.4 Å². The molecule has 3 aromatic rings. The second kappa shape index (κ2) is 9.13. The summed E-state index contributed by atoms with van der Waals surface area (Å²) in [5, 5.41) is 2.09. The lowest BCUT2D eigenvalue weighted by atomic mass is 10.0. The molecule has 5 nitrogen and oxygen atoms in total. The van der Waals surface area contributed by atoms with Crippen molar-refractivity contribution in [3.05, 3.63) is 88.0 Å². The van der Waals surface area contributed by atoms with Crippen molar-refractivity contribution in [3.63, 3.8) is 0 Å². The predicted octanol–water partition coefficient (Wildman–Crippen LogP) is 4.29. The summed E-state index contributed by atoms with van der Waals surface area (Å²) in [6.07, 6.45) is 1.43. The molecule has 0 bridgehead atoms. The molecular formula is C23H20ClFN2O3S2. The molecule has 0 N–H and O–H groups in total. The Morgan fingerprint density at radius 3 is 2.78 bits per heavy atom. The summed E-state index contributed by atoms with van der Waals surface area (Å²) in [5.74, 6) is -0.844. The van der Waals surface area contributed by atoms with Crippen LogP contribution in [0.4, 0.5) is 4.39 Å². The van der Waals surface area contributed by atoms with Gasteiger partial charge in [-0.25, -0.2) is 14.2 Å². The van der Waals surface area contributed by atoms with Gasteiger partial charge in [-0.3, -0.25) is 9.36 Å². The van der Waals surface area contributed by atoms with Crippen LogP contribution >= 0.6 is 34.3 Å². The van der Waals surface area contributed by atoms with Crippen LogP contribution in [0.25, 0.3) is 6.08 Å². The number of nitrogens with zero attached hydrogens (tertiary/aromatic N) is 2. The van der Waals surface area contributed by atoms with Crippen molar-refractivity contribution in [1.82, 2.24) is 4.57 Å². The van der Waals surface area contributed by atoms with Crippen molar-refractivity contribution in [3.8, 4) is 0 Å². The maximum absolute atomic E-state index is 14.3. The minimum Gasteiger partial charge on any atom is -0.462 e. The number of carbonyl (C=O) groups is 1. The molecule has 0 fully saturated rings. The first kappa shape index (κ1) is 22.6. The van der Waals surface area contributed by atoms with E-state index in [2.05, 4.69) is 4.99 Å². The highest BCUT2D eigenvalue weighted by atomic mass is 35.5. The molecule has 1 aromatic carbocycles. The van der Waals surface area contributed by atoms with Crippen molar-refractivity contribution in [1.29, 1.82) is 0 Å². The molecule has 0 amide bonds. The van der Waals surface area contributed by atoms with Gasteiger partial charge in [0.15, 0.2) is 4.80 Å². The third kappa shape index (κ3) is 4.22. The van der Waals surface area contributed by atoms with Crippen LogP contribution in [-0.2, 0) is 9.53 Å². The topological polar surface area (TPSA) is 60.7 Å². The number of allylic oxidation sites excluding steroid dienone is 1. The third-order valence-electron chi connectivity index (χ3n) is 4.88. The summed E-state index contributed by atoms with van der Waals surface area (Å²) < 4.78 is 21.6. The molecule has 1 aliphatic rings. The Balaban J connectivity index is 1.91. The molecule has 0 aliphatic carbocycles. The lowest BCUT2D eigenvalue weighted by Gasteiger charge is -2.23. The zero-order valence-electron chi connectivity index (χ0n) is 17.6. The molecule has 166 valence electrons. The van der Waals surface area contributed by atoms with Crippen molar-refractivity contribution in [2.24, 2.45) is 10.9 Å². The van der Waals surface area contributed by atoms with Crippen molar-refractivity contribution in [2.75, 3.05) is 6.61 Å². The monoisotopic (exact) mass is 490 g/mol. The van der Waals surface area contributed by atoms with Crippen LogP contribution in [0.2, 0.25) is 5.02 Å². The second-order valence-electron chi connectivity index (χ2n) is 7.72. The molecular weight excluding hydrogens is 471 g/mol. The number of thiazole rings is 1. The Bertz CT molecular complexity index is 1370. The lowest BCUT2D eigenvalue weighted by Crippen LogP contribution is -2.39. The summed E-state index contributed by atoms with van der Waals surface area (Å²) >= 11 is 8.72. The summed E-state index contributed by atoms with van der Waals surface area (Å²) in [4.78, 5) is 32.2. The SMILES string of the molecule is CC1=C(C(=O)OCC(C)C)[C@@H](c2cccs2)n2c(s/c(=C/c3c(F)cccc3Cl)c2=O)=N1. The van der Waals surface area contributed by atoms with E-state index >= 15 is 0 Å². The van der Waals surface area contributed by atoms with E-state index in [9.17, 15) is 14.0 Å². The molecule has 2 aromatic heterocycles. The Morgan fingerprint density at radius 2 is 2.12 bits per heavy atom. The number of hydrogen-bond acceptors (Lipinski definition) is 6. The van der Waals surface area contributed by atoms with Crippen molar-refractivity contribution >= 4 is 46.3 Å². The van der Waals surface area contributed by atoms with Crippen LogP contribution < -0.4 is 14.9 Å². The van der Waals surface area contributed by atoms with Gasteiger partial charge in [-0.1, -0.05) is 48.9 Å². The van der Waals surface area contributed by atoms with Gasteiger partial charge in [-0.15, -0.1) is 11.3 Å². The van der Waals surface area contributed by atoms with Gasteiger partial charge in [-0.2, -0.15) is 0 Å². The van der Waals surface area contributed by atoms with Gasteiger partial charge in [0.1, 0.15) is 11.9 Å². The molecule has 0 saturated carbocycles. The summed E-state index contributed by atoms with van der Waals surface area (Å²) in [6.45, 7) is 5.91. The molecule has 32 heavy (non-hydrogen) atoms. The number of ether oxygens (including phenoxy) is 1. The van der Waals surface area contributed by atoms with Crippen molar-refractivity contribution < 1.29 is 13.9 Å². The fourth-order valence-corrected chi connectivity index (χ4v) is 5.47. The molecule has 3 heterocycles. The van der Waals surface area contributed by atoms with E-state index in [1.54, 1.807) is 13.0 Å². The summed E-state index contributed by atoms with van der Waals surface area (Å²) in [6, 6.07) is 7.43. The van der Waals surface area contributed by atoms with Crippen LogP contribution in [0, 0.1) is 11.7 Å². The Morgan fingerprint density at radius 1 is 1.34 bits per heavy atom. The first-order valence-electron chi connectivity index (χ1n) is 9.95. The second-order valence-corrected chi connectivity index (χ2v) is 10.1. The van der Waals surface area contributed by atoms with Crippen LogP contribution in [0.3, 0.4) is 0 Å². The van der Waals surface area contributed by atoms with Gasteiger partial charge in [0.2, 0.25) is 0 Å². The zero-order valence-corrected chi connectivity index (χ0v) is 20.0. The molecule has 1 aliphatic heterocycles. The van der Waals surface area contributed by atoms with Gasteiger partial charge >= 0.3 is 5.97 Å². The normalized spacial score (nSPS) is 16.3. The number of esters is 1. The summed E-state index contributed by atoms with van der Waals surface area (Å²) in [5.41, 5.74) is 0.595.